The molecule has 0 bridgehead atoms. The van der Waals surface area contributed by atoms with Crippen LogP contribution in [0.1, 0.15) is 67.4 Å². The van der Waals surface area contributed by atoms with Crippen molar-refractivity contribution in [1.82, 2.24) is 5.32 Å². The lowest BCUT2D eigenvalue weighted by molar-refractivity contribution is 0.0951. The second-order valence-electron chi connectivity index (χ2n) is 8.73. The third kappa shape index (κ3) is 5.92. The second-order valence-corrected chi connectivity index (χ2v) is 10.2. The van der Waals surface area contributed by atoms with E-state index in [9.17, 15) is 4.79 Å². The van der Waals surface area contributed by atoms with Gasteiger partial charge in [-0.3, -0.25) is 9.79 Å². The molecule has 0 aromatic heterocycles. The fraction of sp³-hybridized carbons (Fsp3) is 0.310. The lowest BCUT2D eigenvalue weighted by Gasteiger charge is -2.17. The molecule has 1 amide bonds. The first-order chi connectivity index (χ1) is 16.6. The van der Waals surface area contributed by atoms with Gasteiger partial charge in [-0.1, -0.05) is 99.3 Å². The lowest BCUT2D eigenvalue weighted by Crippen LogP contribution is -2.22. The summed E-state index contributed by atoms with van der Waals surface area (Å²) in [5.74, 6) is 0.487. The first-order valence-electron chi connectivity index (χ1n) is 12.1. The summed E-state index contributed by atoms with van der Waals surface area (Å²) in [5.41, 5.74) is 4.71. The van der Waals surface area contributed by atoms with Crippen LogP contribution < -0.4 is 5.32 Å². The molecule has 3 aromatic carbocycles. The monoisotopic (exact) mass is 490 g/mol. The van der Waals surface area contributed by atoms with E-state index < -0.39 is 0 Å². The molecule has 1 atom stereocenters. The van der Waals surface area contributed by atoms with Gasteiger partial charge in [-0.15, -0.1) is 0 Å². The zero-order valence-electron chi connectivity index (χ0n) is 19.8. The predicted molar refractivity (Wildman–Crippen MR) is 144 cm³/mol. The molecule has 1 heterocycles. The van der Waals surface area contributed by atoms with Gasteiger partial charge in [-0.05, 0) is 48.2 Å². The van der Waals surface area contributed by atoms with Crippen LogP contribution in [0.25, 0.3) is 0 Å². The molecule has 0 spiro atoms. The Morgan fingerprint density at radius 1 is 1.03 bits per heavy atom. The van der Waals surface area contributed by atoms with Gasteiger partial charge in [0.2, 0.25) is 0 Å². The van der Waals surface area contributed by atoms with Crippen molar-refractivity contribution in [2.45, 2.75) is 62.3 Å². The molecular weight excluding hydrogens is 460 g/mol. The highest BCUT2D eigenvalue weighted by molar-refractivity contribution is 7.99. The summed E-state index contributed by atoms with van der Waals surface area (Å²) >= 11 is 7.97. The molecule has 176 valence electrons. The predicted octanol–water partition coefficient (Wildman–Crippen LogP) is 8.46. The largest absolute Gasteiger partial charge is 0.348 e. The van der Waals surface area contributed by atoms with Crippen LogP contribution in [-0.4, -0.2) is 11.6 Å². The minimum absolute atomic E-state index is 0.124. The highest BCUT2D eigenvalue weighted by Gasteiger charge is 2.21. The van der Waals surface area contributed by atoms with Crippen molar-refractivity contribution in [3.63, 3.8) is 0 Å². The third-order valence-corrected chi connectivity index (χ3v) is 7.83. The summed E-state index contributed by atoms with van der Waals surface area (Å²) in [6.45, 7) is 4.91. The molecule has 0 saturated carbocycles. The first-order valence-corrected chi connectivity index (χ1v) is 13.3. The van der Waals surface area contributed by atoms with Crippen LogP contribution in [-0.2, 0) is 6.54 Å². The van der Waals surface area contributed by atoms with Gasteiger partial charge in [0.15, 0.2) is 0 Å². The maximum Gasteiger partial charge on any atom is 0.251 e. The van der Waals surface area contributed by atoms with Gasteiger partial charge in [0, 0.05) is 38.2 Å². The van der Waals surface area contributed by atoms with Crippen LogP contribution in [0.2, 0.25) is 5.02 Å². The summed E-state index contributed by atoms with van der Waals surface area (Å²) in [7, 11) is 0. The molecule has 1 aliphatic rings. The molecule has 0 fully saturated rings. The van der Waals surface area contributed by atoms with E-state index in [2.05, 4.69) is 43.4 Å². The van der Waals surface area contributed by atoms with E-state index >= 15 is 0 Å². The SMILES string of the molecule is CCCCC(CC)CC1=Nc2cc(C(=O)NCc3ccccc3Cl)ccc2Sc2ccccc21. The zero-order chi connectivity index (χ0) is 23.9. The Morgan fingerprint density at radius 2 is 1.82 bits per heavy atom. The molecule has 1 unspecified atom stereocenters. The van der Waals surface area contributed by atoms with Crippen LogP contribution in [0.5, 0.6) is 0 Å². The number of nitrogens with one attached hydrogen (secondary N) is 1. The number of halogens is 1. The van der Waals surface area contributed by atoms with E-state index in [1.807, 2.05) is 42.5 Å². The normalized spacial score (nSPS) is 13.3. The summed E-state index contributed by atoms with van der Waals surface area (Å²) < 4.78 is 0. The Morgan fingerprint density at radius 3 is 2.62 bits per heavy atom. The van der Waals surface area contributed by atoms with E-state index in [4.69, 9.17) is 16.6 Å². The van der Waals surface area contributed by atoms with Crippen molar-refractivity contribution in [2.24, 2.45) is 10.9 Å². The number of rotatable bonds is 9. The summed E-state index contributed by atoms with van der Waals surface area (Å²) in [4.78, 5) is 20.4. The third-order valence-electron chi connectivity index (χ3n) is 6.32. The van der Waals surface area contributed by atoms with Crippen molar-refractivity contribution < 1.29 is 4.79 Å². The number of benzene rings is 3. The van der Waals surface area contributed by atoms with Gasteiger partial charge >= 0.3 is 0 Å². The molecule has 5 heteroatoms. The zero-order valence-corrected chi connectivity index (χ0v) is 21.4. The first kappa shape index (κ1) is 24.6. The number of carbonyl (C=O) groups excluding carboxylic acids is 1. The van der Waals surface area contributed by atoms with E-state index in [0.29, 0.717) is 23.0 Å². The number of hydrogen-bond acceptors (Lipinski definition) is 3. The van der Waals surface area contributed by atoms with Gasteiger partial charge in [-0.2, -0.15) is 0 Å². The molecular formula is C29H31ClN2OS. The average molecular weight is 491 g/mol. The van der Waals surface area contributed by atoms with E-state index in [-0.39, 0.29) is 5.91 Å². The maximum atomic E-state index is 12.9. The van der Waals surface area contributed by atoms with Crippen molar-refractivity contribution >= 4 is 40.7 Å². The van der Waals surface area contributed by atoms with Gasteiger partial charge in [0.1, 0.15) is 0 Å². The smallest absolute Gasteiger partial charge is 0.251 e. The highest BCUT2D eigenvalue weighted by atomic mass is 35.5. The Bertz CT molecular complexity index is 1190. The molecule has 0 aliphatic carbocycles. The van der Waals surface area contributed by atoms with Crippen LogP contribution >= 0.6 is 23.4 Å². The summed E-state index contributed by atoms with van der Waals surface area (Å²) in [5, 5.41) is 3.65. The molecule has 4 rings (SSSR count). The quantitative estimate of drug-likeness (QED) is 0.326. The van der Waals surface area contributed by atoms with Crippen molar-refractivity contribution in [3.8, 4) is 0 Å². The lowest BCUT2D eigenvalue weighted by atomic mass is 9.91. The second kappa shape index (κ2) is 11.7. The van der Waals surface area contributed by atoms with Gasteiger partial charge in [0.25, 0.3) is 5.91 Å². The van der Waals surface area contributed by atoms with Crippen molar-refractivity contribution in [3.05, 3.63) is 88.4 Å². The topological polar surface area (TPSA) is 41.5 Å². The number of aliphatic imine (C=N–C) groups is 1. The minimum atomic E-state index is -0.124. The molecule has 34 heavy (non-hydrogen) atoms. The molecule has 1 N–H and O–H groups in total. The number of carbonyl (C=O) groups is 1. The Balaban J connectivity index is 1.61. The Hall–Kier alpha value is -2.56. The molecule has 3 aromatic rings. The molecule has 0 saturated heterocycles. The number of unbranched alkanes of at least 4 members (excludes halogenated alkanes) is 1. The Labute approximate surface area is 212 Å². The Kier molecular flexibility index (Phi) is 8.47. The minimum Gasteiger partial charge on any atom is -0.348 e. The van der Waals surface area contributed by atoms with Crippen molar-refractivity contribution in [2.75, 3.05) is 0 Å². The van der Waals surface area contributed by atoms with Crippen LogP contribution in [0.3, 0.4) is 0 Å². The van der Waals surface area contributed by atoms with Crippen LogP contribution in [0.4, 0.5) is 5.69 Å². The number of nitrogens with zero attached hydrogens (tertiary/aromatic N) is 1. The average Bonchev–Trinajstić information content (AvgIpc) is 3.01. The van der Waals surface area contributed by atoms with Crippen LogP contribution in [0, 0.1) is 5.92 Å². The van der Waals surface area contributed by atoms with E-state index in [1.165, 1.54) is 29.7 Å². The van der Waals surface area contributed by atoms with Crippen LogP contribution in [0.15, 0.2) is 81.5 Å². The number of fused-ring (bicyclic) bond motifs is 2. The molecule has 3 nitrogen and oxygen atoms in total. The standard InChI is InChI=1S/C29H31ClN2OS/c1-3-5-10-20(4-2)17-25-23-12-7-9-14-27(23)34-28-16-15-21(18-26(28)32-25)29(33)31-19-22-11-6-8-13-24(22)30/h6-9,11-16,18,20H,3-5,10,17,19H2,1-2H3,(H,31,33). The van der Waals surface area contributed by atoms with Gasteiger partial charge < -0.3 is 5.32 Å². The fourth-order valence-electron chi connectivity index (χ4n) is 4.24. The number of hydrogen-bond donors (Lipinski definition) is 1. The number of amides is 1. The van der Waals surface area contributed by atoms with Gasteiger partial charge in [-0.25, -0.2) is 0 Å². The van der Waals surface area contributed by atoms with E-state index in [1.54, 1.807) is 11.8 Å². The molecule has 1 aliphatic heterocycles. The summed E-state index contributed by atoms with van der Waals surface area (Å²) in [6.07, 6.45) is 5.78. The van der Waals surface area contributed by atoms with E-state index in [0.717, 1.165) is 34.7 Å². The summed E-state index contributed by atoms with van der Waals surface area (Å²) in [6, 6.07) is 21.9. The fourth-order valence-corrected chi connectivity index (χ4v) is 5.47. The maximum absolute atomic E-state index is 12.9. The molecule has 0 radical (unpaired) electrons. The van der Waals surface area contributed by atoms with Gasteiger partial charge in [0.05, 0.1) is 5.69 Å². The van der Waals surface area contributed by atoms with Crippen molar-refractivity contribution in [1.29, 1.82) is 0 Å². The highest BCUT2D eigenvalue weighted by Crippen LogP contribution is 2.41.